The van der Waals surface area contributed by atoms with Crippen molar-refractivity contribution in [2.45, 2.75) is 57.0 Å². The molecule has 4 rings (SSSR count). The van der Waals surface area contributed by atoms with Crippen molar-refractivity contribution < 1.29 is 24.5 Å². The molecule has 4 atom stereocenters. The molecule has 0 unspecified atom stereocenters. The second-order valence-corrected chi connectivity index (χ2v) is 10.1. The van der Waals surface area contributed by atoms with E-state index in [1.807, 2.05) is 12.1 Å². The van der Waals surface area contributed by atoms with Crippen LogP contribution < -0.4 is 0 Å². The van der Waals surface area contributed by atoms with Crippen LogP contribution in [0.3, 0.4) is 0 Å². The van der Waals surface area contributed by atoms with Crippen LogP contribution >= 0.6 is 11.3 Å². The Morgan fingerprint density at radius 3 is 2.68 bits per heavy atom. The number of hydrogen-bond acceptors (Lipinski definition) is 6. The fourth-order valence-electron chi connectivity index (χ4n) is 5.15. The Bertz CT molecular complexity index is 924. The fraction of sp³-hybridized carbons (Fsp3) is 0.519. The summed E-state index contributed by atoms with van der Waals surface area (Å²) in [4.78, 5) is 14.3. The van der Waals surface area contributed by atoms with Crippen molar-refractivity contribution in [3.05, 3.63) is 58.8 Å². The third-order valence-corrected chi connectivity index (χ3v) is 7.72. The molecule has 2 fully saturated rings. The highest BCUT2D eigenvalue weighted by atomic mass is 32.1. The van der Waals surface area contributed by atoms with E-state index in [1.54, 1.807) is 11.3 Å². The first-order valence-electron chi connectivity index (χ1n) is 12.2. The number of aliphatic carboxylic acids is 1. The van der Waals surface area contributed by atoms with Gasteiger partial charge in [-0.3, -0.25) is 9.69 Å². The van der Waals surface area contributed by atoms with Gasteiger partial charge in [-0.15, -0.1) is 11.3 Å². The molecular weight excluding hydrogens is 450 g/mol. The van der Waals surface area contributed by atoms with Crippen LogP contribution in [0.1, 0.15) is 37.0 Å². The van der Waals surface area contributed by atoms with E-state index in [0.717, 1.165) is 25.9 Å². The normalized spacial score (nSPS) is 25.8. The highest BCUT2D eigenvalue weighted by Gasteiger charge is 2.45. The Kier molecular flexibility index (Phi) is 9.30. The van der Waals surface area contributed by atoms with Gasteiger partial charge < -0.3 is 19.7 Å². The van der Waals surface area contributed by atoms with Crippen molar-refractivity contribution in [3.8, 4) is 11.1 Å². The zero-order valence-electron chi connectivity index (χ0n) is 19.6. The topological polar surface area (TPSA) is 79.2 Å². The monoisotopic (exact) mass is 485 g/mol. The smallest absolute Gasteiger partial charge is 0.303 e. The first-order chi connectivity index (χ1) is 16.6. The van der Waals surface area contributed by atoms with Crippen molar-refractivity contribution in [3.63, 3.8) is 0 Å². The first-order valence-corrected chi connectivity index (χ1v) is 13.1. The van der Waals surface area contributed by atoms with Gasteiger partial charge in [0.25, 0.3) is 0 Å². The van der Waals surface area contributed by atoms with Crippen LogP contribution in [0.4, 0.5) is 0 Å². The SMILES string of the molecule is O=C(O)CCC=CCC[C@@H]1[C@@H](N2CCOCC2)[C@H](O)C[C@@H]1OCc1cc(-c2ccccc2)cs1. The number of nitrogens with zero attached hydrogens (tertiary/aromatic N) is 1. The minimum atomic E-state index is -0.770. The van der Waals surface area contributed by atoms with Crippen LogP contribution in [-0.2, 0) is 20.9 Å². The van der Waals surface area contributed by atoms with Gasteiger partial charge in [-0.2, -0.15) is 0 Å². The fourth-order valence-corrected chi connectivity index (χ4v) is 5.97. The molecule has 0 spiro atoms. The summed E-state index contributed by atoms with van der Waals surface area (Å²) in [6, 6.07) is 12.6. The van der Waals surface area contributed by atoms with Crippen molar-refractivity contribution >= 4 is 17.3 Å². The zero-order chi connectivity index (χ0) is 23.8. The summed E-state index contributed by atoms with van der Waals surface area (Å²) in [7, 11) is 0. The average molecular weight is 486 g/mol. The Morgan fingerprint density at radius 1 is 1.15 bits per heavy atom. The number of aliphatic hydroxyl groups is 1. The van der Waals surface area contributed by atoms with Crippen LogP contribution in [-0.4, -0.2) is 65.6 Å². The van der Waals surface area contributed by atoms with E-state index in [0.29, 0.717) is 32.7 Å². The summed E-state index contributed by atoms with van der Waals surface area (Å²) in [5, 5.41) is 22.0. The van der Waals surface area contributed by atoms with Gasteiger partial charge in [0.1, 0.15) is 0 Å². The Labute approximate surface area is 205 Å². The number of aliphatic hydroxyl groups excluding tert-OH is 1. The lowest BCUT2D eigenvalue weighted by Gasteiger charge is -2.37. The van der Waals surface area contributed by atoms with Gasteiger partial charge in [-0.25, -0.2) is 0 Å². The maximum absolute atomic E-state index is 11.0. The van der Waals surface area contributed by atoms with E-state index in [-0.39, 0.29) is 24.5 Å². The quantitative estimate of drug-likeness (QED) is 0.454. The van der Waals surface area contributed by atoms with Gasteiger partial charge in [0.05, 0.1) is 32.0 Å². The maximum atomic E-state index is 11.0. The van der Waals surface area contributed by atoms with Crippen molar-refractivity contribution in [2.75, 3.05) is 26.3 Å². The number of thiophene rings is 1. The van der Waals surface area contributed by atoms with E-state index in [1.165, 1.54) is 16.0 Å². The Hall–Kier alpha value is -2.03. The zero-order valence-corrected chi connectivity index (χ0v) is 20.4. The van der Waals surface area contributed by atoms with E-state index in [9.17, 15) is 9.90 Å². The molecule has 2 aliphatic rings. The number of carboxylic acid groups (broad SMARTS) is 1. The number of benzene rings is 1. The number of carbonyl (C=O) groups is 1. The van der Waals surface area contributed by atoms with E-state index in [2.05, 4.69) is 46.7 Å². The summed E-state index contributed by atoms with van der Waals surface area (Å²) in [5.41, 5.74) is 2.42. The standard InChI is InChI=1S/C27H35NO5S/c29-24-17-25(33-18-22-16-21(19-34-22)20-8-4-3-5-9-20)23(10-6-1-2-7-11-26(30)31)27(24)28-12-14-32-15-13-28/h1-5,8-9,16,19,23-25,27,29H,6-7,10-15,17-18H2,(H,30,31)/t23-,24+,25-,27+/m0/s1. The third kappa shape index (κ3) is 6.77. The molecule has 0 amide bonds. The minimum absolute atomic E-state index is 0.00228. The summed E-state index contributed by atoms with van der Waals surface area (Å²) >= 11 is 1.71. The Balaban J connectivity index is 1.38. The lowest BCUT2D eigenvalue weighted by molar-refractivity contribution is -0.136. The predicted octanol–water partition coefficient (Wildman–Crippen LogP) is 4.58. The van der Waals surface area contributed by atoms with Gasteiger partial charge in [0.15, 0.2) is 0 Å². The molecule has 1 saturated carbocycles. The maximum Gasteiger partial charge on any atom is 0.303 e. The molecule has 6 nitrogen and oxygen atoms in total. The first kappa shape index (κ1) is 25.1. The largest absolute Gasteiger partial charge is 0.481 e. The molecule has 1 aliphatic carbocycles. The van der Waals surface area contributed by atoms with Crippen LogP contribution in [0.15, 0.2) is 53.9 Å². The van der Waals surface area contributed by atoms with Crippen LogP contribution in [0.25, 0.3) is 11.1 Å². The third-order valence-electron chi connectivity index (χ3n) is 6.81. The van der Waals surface area contributed by atoms with E-state index in [4.69, 9.17) is 14.6 Å². The van der Waals surface area contributed by atoms with Gasteiger partial charge in [0.2, 0.25) is 0 Å². The molecule has 34 heavy (non-hydrogen) atoms. The molecule has 2 N–H and O–H groups in total. The molecular formula is C27H35NO5S. The number of allylic oxidation sites excluding steroid dienone is 2. The Morgan fingerprint density at radius 2 is 1.91 bits per heavy atom. The molecule has 0 bridgehead atoms. The van der Waals surface area contributed by atoms with Gasteiger partial charge in [0, 0.05) is 42.8 Å². The molecule has 7 heteroatoms. The number of carboxylic acids is 1. The predicted molar refractivity (Wildman–Crippen MR) is 134 cm³/mol. The van der Waals surface area contributed by atoms with Gasteiger partial charge in [-0.1, -0.05) is 42.5 Å². The van der Waals surface area contributed by atoms with Crippen molar-refractivity contribution in [2.24, 2.45) is 5.92 Å². The average Bonchev–Trinajstić information content (AvgIpc) is 3.45. The number of rotatable bonds is 11. The van der Waals surface area contributed by atoms with Crippen LogP contribution in [0.5, 0.6) is 0 Å². The summed E-state index contributed by atoms with van der Waals surface area (Å²) < 4.78 is 12.0. The van der Waals surface area contributed by atoms with Crippen LogP contribution in [0, 0.1) is 5.92 Å². The van der Waals surface area contributed by atoms with E-state index >= 15 is 0 Å². The molecule has 1 aromatic heterocycles. The second kappa shape index (κ2) is 12.6. The van der Waals surface area contributed by atoms with E-state index < -0.39 is 12.1 Å². The lowest BCUT2D eigenvalue weighted by Crippen LogP contribution is -2.50. The summed E-state index contributed by atoms with van der Waals surface area (Å²) in [6.45, 7) is 3.63. The molecule has 1 saturated heterocycles. The molecule has 184 valence electrons. The highest BCUT2D eigenvalue weighted by Crippen LogP contribution is 2.37. The minimum Gasteiger partial charge on any atom is -0.481 e. The number of ether oxygens (including phenoxy) is 2. The van der Waals surface area contributed by atoms with Gasteiger partial charge >= 0.3 is 5.97 Å². The number of morpholine rings is 1. The van der Waals surface area contributed by atoms with Gasteiger partial charge in [-0.05, 0) is 41.8 Å². The molecule has 2 heterocycles. The molecule has 2 aromatic rings. The summed E-state index contributed by atoms with van der Waals surface area (Å²) in [6.07, 6.45) is 6.74. The molecule has 1 aromatic carbocycles. The van der Waals surface area contributed by atoms with Crippen molar-refractivity contribution in [1.82, 2.24) is 4.90 Å². The van der Waals surface area contributed by atoms with Crippen molar-refractivity contribution in [1.29, 1.82) is 0 Å². The molecule has 0 radical (unpaired) electrons. The van der Waals surface area contributed by atoms with Crippen LogP contribution in [0.2, 0.25) is 0 Å². The second-order valence-electron chi connectivity index (χ2n) is 9.10. The lowest BCUT2D eigenvalue weighted by atomic mass is 9.93. The molecule has 1 aliphatic heterocycles. The highest BCUT2D eigenvalue weighted by molar-refractivity contribution is 7.10. The number of hydrogen-bond donors (Lipinski definition) is 2. The summed E-state index contributed by atoms with van der Waals surface area (Å²) in [5.74, 6) is -0.542.